The molecule has 3 nitrogen and oxygen atoms in total. The highest BCUT2D eigenvalue weighted by Crippen LogP contribution is 2.22. The molecule has 2 rings (SSSR count). The van der Waals surface area contributed by atoms with Crippen LogP contribution in [0.15, 0.2) is 24.3 Å². The zero-order chi connectivity index (χ0) is 13.1. The van der Waals surface area contributed by atoms with E-state index in [1.807, 2.05) is 11.8 Å². The number of amides is 1. The molecule has 0 saturated carbocycles. The second-order valence-electron chi connectivity index (χ2n) is 4.93. The van der Waals surface area contributed by atoms with Crippen molar-refractivity contribution in [1.82, 2.24) is 4.90 Å². The summed E-state index contributed by atoms with van der Waals surface area (Å²) in [6.07, 6.45) is 3.20. The van der Waals surface area contributed by atoms with E-state index in [9.17, 15) is 4.79 Å². The van der Waals surface area contributed by atoms with E-state index in [1.54, 1.807) is 24.3 Å². The molecule has 1 saturated heterocycles. The summed E-state index contributed by atoms with van der Waals surface area (Å²) in [4.78, 5) is 14.4. The summed E-state index contributed by atoms with van der Waals surface area (Å²) in [5.74, 6) is 0.0636. The highest BCUT2D eigenvalue weighted by Gasteiger charge is 2.29. The van der Waals surface area contributed by atoms with E-state index in [1.165, 1.54) is 0 Å². The first-order valence-electron chi connectivity index (χ1n) is 6.41. The van der Waals surface area contributed by atoms with Gasteiger partial charge in [-0.05, 0) is 50.5 Å². The average Bonchev–Trinajstić information content (AvgIpc) is 2.39. The Hall–Kier alpha value is -0.770. The number of likely N-dealkylation sites (tertiary alicyclic amines) is 1. The van der Waals surface area contributed by atoms with Crippen molar-refractivity contribution in [2.45, 2.75) is 38.3 Å². The topological polar surface area (TPSA) is 46.3 Å². The molecule has 1 aromatic carbocycles. The van der Waals surface area contributed by atoms with Gasteiger partial charge in [-0.3, -0.25) is 4.79 Å². The van der Waals surface area contributed by atoms with E-state index in [0.717, 1.165) is 25.8 Å². The van der Waals surface area contributed by atoms with E-state index in [2.05, 4.69) is 0 Å². The summed E-state index contributed by atoms with van der Waals surface area (Å²) in [6, 6.07) is 7.22. The first kappa shape index (κ1) is 16.3. The first-order valence-corrected chi connectivity index (χ1v) is 6.79. The van der Waals surface area contributed by atoms with Crippen molar-refractivity contribution in [2.75, 3.05) is 6.54 Å². The molecule has 1 aliphatic heterocycles. The van der Waals surface area contributed by atoms with Crippen LogP contribution >= 0.6 is 24.0 Å². The number of carbonyl (C=O) groups is 1. The Bertz CT molecular complexity index is 420. The van der Waals surface area contributed by atoms with Crippen molar-refractivity contribution in [3.05, 3.63) is 34.9 Å². The van der Waals surface area contributed by atoms with Gasteiger partial charge < -0.3 is 10.6 Å². The van der Waals surface area contributed by atoms with E-state index in [-0.39, 0.29) is 30.4 Å². The van der Waals surface area contributed by atoms with Gasteiger partial charge in [0.05, 0.1) is 0 Å². The summed E-state index contributed by atoms with van der Waals surface area (Å²) in [6.45, 7) is 2.77. The van der Waals surface area contributed by atoms with E-state index in [0.29, 0.717) is 10.6 Å². The lowest BCUT2D eigenvalue weighted by Crippen LogP contribution is -2.51. The van der Waals surface area contributed by atoms with Crippen LogP contribution in [-0.2, 0) is 0 Å². The van der Waals surface area contributed by atoms with Crippen LogP contribution in [-0.4, -0.2) is 29.4 Å². The lowest BCUT2D eigenvalue weighted by molar-refractivity contribution is 0.0584. The molecule has 0 aliphatic carbocycles. The molecule has 2 unspecified atom stereocenters. The van der Waals surface area contributed by atoms with Crippen molar-refractivity contribution in [2.24, 2.45) is 5.73 Å². The van der Waals surface area contributed by atoms with Crippen LogP contribution in [0.2, 0.25) is 5.02 Å². The highest BCUT2D eigenvalue weighted by molar-refractivity contribution is 6.30. The van der Waals surface area contributed by atoms with Crippen molar-refractivity contribution in [3.8, 4) is 0 Å². The minimum absolute atomic E-state index is 0. The SMILES string of the molecule is CC(N)C1CCCCN1C(=O)c1ccc(Cl)cc1.Cl. The van der Waals surface area contributed by atoms with E-state index >= 15 is 0 Å². The molecule has 0 aromatic heterocycles. The molecular weight excluding hydrogens is 283 g/mol. The second kappa shape index (κ2) is 7.13. The third-order valence-electron chi connectivity index (χ3n) is 3.51. The van der Waals surface area contributed by atoms with Gasteiger partial charge in [0.2, 0.25) is 0 Å². The number of halogens is 2. The quantitative estimate of drug-likeness (QED) is 0.912. The molecular formula is C14H20Cl2N2O. The number of hydrogen-bond donors (Lipinski definition) is 1. The minimum Gasteiger partial charge on any atom is -0.334 e. The van der Waals surface area contributed by atoms with Gasteiger partial charge in [0.25, 0.3) is 5.91 Å². The molecule has 1 heterocycles. The number of hydrogen-bond acceptors (Lipinski definition) is 2. The Kier molecular flexibility index (Phi) is 6.11. The van der Waals surface area contributed by atoms with Gasteiger partial charge in [-0.15, -0.1) is 12.4 Å². The molecule has 2 N–H and O–H groups in total. The summed E-state index contributed by atoms with van der Waals surface area (Å²) in [5, 5.41) is 0.647. The molecule has 0 spiro atoms. The minimum atomic E-state index is 0. The Labute approximate surface area is 125 Å². The third-order valence-corrected chi connectivity index (χ3v) is 3.76. The molecule has 2 atom stereocenters. The number of nitrogens with zero attached hydrogens (tertiary/aromatic N) is 1. The molecule has 106 valence electrons. The van der Waals surface area contributed by atoms with Gasteiger partial charge in [0.15, 0.2) is 0 Å². The molecule has 1 aliphatic rings. The van der Waals surface area contributed by atoms with Crippen LogP contribution in [0.4, 0.5) is 0 Å². The maximum Gasteiger partial charge on any atom is 0.254 e. The number of carbonyl (C=O) groups excluding carboxylic acids is 1. The molecule has 0 radical (unpaired) electrons. The van der Waals surface area contributed by atoms with Crippen molar-refractivity contribution in [1.29, 1.82) is 0 Å². The van der Waals surface area contributed by atoms with Gasteiger partial charge in [-0.1, -0.05) is 11.6 Å². The number of piperidine rings is 1. The zero-order valence-electron chi connectivity index (χ0n) is 11.0. The second-order valence-corrected chi connectivity index (χ2v) is 5.36. The highest BCUT2D eigenvalue weighted by atomic mass is 35.5. The van der Waals surface area contributed by atoms with Gasteiger partial charge >= 0.3 is 0 Å². The van der Waals surface area contributed by atoms with E-state index < -0.39 is 0 Å². The van der Waals surface area contributed by atoms with Crippen molar-refractivity contribution < 1.29 is 4.79 Å². The lowest BCUT2D eigenvalue weighted by Gasteiger charge is -2.38. The third kappa shape index (κ3) is 3.85. The monoisotopic (exact) mass is 302 g/mol. The van der Waals surface area contributed by atoms with Crippen molar-refractivity contribution in [3.63, 3.8) is 0 Å². The maximum absolute atomic E-state index is 12.5. The van der Waals surface area contributed by atoms with E-state index in [4.69, 9.17) is 17.3 Å². The fourth-order valence-corrected chi connectivity index (χ4v) is 2.64. The molecule has 19 heavy (non-hydrogen) atoms. The molecule has 0 bridgehead atoms. The van der Waals surface area contributed by atoms with Crippen molar-refractivity contribution >= 4 is 29.9 Å². The number of nitrogens with two attached hydrogens (primary N) is 1. The number of benzene rings is 1. The summed E-state index contributed by atoms with van der Waals surface area (Å²) in [5.41, 5.74) is 6.67. The molecule has 1 fully saturated rings. The maximum atomic E-state index is 12.5. The van der Waals surface area contributed by atoms with Crippen LogP contribution in [0.25, 0.3) is 0 Å². The summed E-state index contributed by atoms with van der Waals surface area (Å²) >= 11 is 5.84. The van der Waals surface area contributed by atoms with Gasteiger partial charge in [-0.25, -0.2) is 0 Å². The van der Waals surface area contributed by atoms with Crippen LogP contribution in [0.5, 0.6) is 0 Å². The largest absolute Gasteiger partial charge is 0.334 e. The molecule has 1 amide bonds. The zero-order valence-corrected chi connectivity index (χ0v) is 12.6. The normalized spacial score (nSPS) is 20.6. The van der Waals surface area contributed by atoms with Gasteiger partial charge in [0, 0.05) is 29.2 Å². The van der Waals surface area contributed by atoms with Crippen LogP contribution < -0.4 is 5.73 Å². The van der Waals surface area contributed by atoms with Crippen LogP contribution in [0.1, 0.15) is 36.5 Å². The summed E-state index contributed by atoms with van der Waals surface area (Å²) in [7, 11) is 0. The first-order chi connectivity index (χ1) is 8.59. The van der Waals surface area contributed by atoms with Crippen LogP contribution in [0.3, 0.4) is 0 Å². The van der Waals surface area contributed by atoms with Crippen LogP contribution in [0, 0.1) is 0 Å². The Balaban J connectivity index is 0.00000180. The average molecular weight is 303 g/mol. The lowest BCUT2D eigenvalue weighted by atomic mass is 9.96. The number of rotatable bonds is 2. The molecule has 5 heteroatoms. The smallest absolute Gasteiger partial charge is 0.254 e. The Morgan fingerprint density at radius 2 is 2.00 bits per heavy atom. The predicted octanol–water partition coefficient (Wildman–Crippen LogP) is 3.10. The fraction of sp³-hybridized carbons (Fsp3) is 0.500. The molecule has 1 aromatic rings. The fourth-order valence-electron chi connectivity index (χ4n) is 2.51. The Morgan fingerprint density at radius 3 is 2.58 bits per heavy atom. The summed E-state index contributed by atoms with van der Waals surface area (Å²) < 4.78 is 0. The van der Waals surface area contributed by atoms with Gasteiger partial charge in [-0.2, -0.15) is 0 Å². The van der Waals surface area contributed by atoms with Gasteiger partial charge in [0.1, 0.15) is 0 Å². The Morgan fingerprint density at radius 1 is 1.37 bits per heavy atom. The standard InChI is InChI=1S/C14H19ClN2O.ClH/c1-10(16)13-4-2-3-9-17(13)14(18)11-5-7-12(15)8-6-11;/h5-8,10,13H,2-4,9,16H2,1H3;1H. The predicted molar refractivity (Wildman–Crippen MR) is 81.0 cm³/mol.